The van der Waals surface area contributed by atoms with Crippen molar-refractivity contribution in [2.75, 3.05) is 14.2 Å². The molecule has 1 aliphatic rings. The van der Waals surface area contributed by atoms with Gasteiger partial charge >= 0.3 is 0 Å². The molecule has 34 heavy (non-hydrogen) atoms. The first-order chi connectivity index (χ1) is 16.6. The normalized spacial score (nSPS) is 14.9. The zero-order valence-electron chi connectivity index (χ0n) is 19.2. The first kappa shape index (κ1) is 20.7. The van der Waals surface area contributed by atoms with Gasteiger partial charge in [-0.1, -0.05) is 37.5 Å². The summed E-state index contributed by atoms with van der Waals surface area (Å²) in [5.41, 5.74) is 2.22. The predicted molar refractivity (Wildman–Crippen MR) is 133 cm³/mol. The highest BCUT2D eigenvalue weighted by Crippen LogP contribution is 2.39. The Bertz CT molecular complexity index is 1630. The van der Waals surface area contributed by atoms with Crippen molar-refractivity contribution in [2.45, 2.75) is 38.1 Å². The summed E-state index contributed by atoms with van der Waals surface area (Å²) >= 11 is 0. The van der Waals surface area contributed by atoms with E-state index in [2.05, 4.69) is 5.32 Å². The lowest BCUT2D eigenvalue weighted by atomic mass is 9.95. The van der Waals surface area contributed by atoms with Crippen LogP contribution in [0, 0.1) is 0 Å². The van der Waals surface area contributed by atoms with E-state index >= 15 is 0 Å². The Morgan fingerprint density at radius 2 is 1.79 bits per heavy atom. The molecule has 0 atom stereocenters. The van der Waals surface area contributed by atoms with Gasteiger partial charge in [0.2, 0.25) is 0 Å². The molecule has 3 aromatic heterocycles. The second-order valence-corrected chi connectivity index (χ2v) is 8.94. The number of amides is 1. The third-order valence-electron chi connectivity index (χ3n) is 7.04. The van der Waals surface area contributed by atoms with Crippen LogP contribution >= 0.6 is 0 Å². The van der Waals surface area contributed by atoms with Crippen LogP contribution in [0.3, 0.4) is 0 Å². The molecule has 1 saturated carbocycles. The van der Waals surface area contributed by atoms with Crippen LogP contribution < -0.4 is 20.3 Å². The van der Waals surface area contributed by atoms with Gasteiger partial charge in [0.05, 0.1) is 36.2 Å². The molecular weight excluding hydrogens is 430 g/mol. The van der Waals surface area contributed by atoms with Crippen molar-refractivity contribution < 1.29 is 14.3 Å². The van der Waals surface area contributed by atoms with Gasteiger partial charge in [-0.15, -0.1) is 0 Å². The molecule has 1 N–H and O–H groups in total. The zero-order valence-corrected chi connectivity index (χ0v) is 19.2. The highest BCUT2D eigenvalue weighted by atomic mass is 16.5. The van der Waals surface area contributed by atoms with Crippen LogP contribution in [0.1, 0.15) is 42.6 Å². The molecule has 0 radical (unpaired) electrons. The number of methoxy groups -OCH3 is 2. The first-order valence-electron chi connectivity index (χ1n) is 11.7. The molecule has 3 heterocycles. The van der Waals surface area contributed by atoms with Gasteiger partial charge in [0.1, 0.15) is 5.69 Å². The number of nitrogens with zero attached hydrogens (tertiary/aromatic N) is 2. The monoisotopic (exact) mass is 455 g/mol. The smallest absolute Gasteiger partial charge is 0.270 e. The summed E-state index contributed by atoms with van der Waals surface area (Å²) in [4.78, 5) is 31.9. The Kier molecular flexibility index (Phi) is 4.79. The van der Waals surface area contributed by atoms with Crippen molar-refractivity contribution in [1.82, 2.24) is 14.7 Å². The fourth-order valence-corrected chi connectivity index (χ4v) is 5.46. The third-order valence-corrected chi connectivity index (χ3v) is 7.04. The molecule has 0 spiro atoms. The van der Waals surface area contributed by atoms with Gasteiger partial charge in [0.25, 0.3) is 11.5 Å². The van der Waals surface area contributed by atoms with Crippen LogP contribution in [0.5, 0.6) is 11.5 Å². The number of pyridine rings is 2. The lowest BCUT2D eigenvalue weighted by molar-refractivity contribution is 0.0923. The molecule has 0 bridgehead atoms. The number of ether oxygens (including phenoxy) is 2. The molecule has 5 aromatic rings. The van der Waals surface area contributed by atoms with Gasteiger partial charge in [-0.05, 0) is 37.1 Å². The summed E-state index contributed by atoms with van der Waals surface area (Å²) in [6.45, 7) is 0. The number of para-hydroxylation sites is 1. The first-order valence-corrected chi connectivity index (χ1v) is 11.7. The minimum Gasteiger partial charge on any atom is -0.493 e. The number of aromatic nitrogens is 2. The number of benzene rings is 2. The molecule has 1 aliphatic carbocycles. The van der Waals surface area contributed by atoms with Gasteiger partial charge in [-0.3, -0.25) is 14.0 Å². The average Bonchev–Trinajstić information content (AvgIpc) is 3.21. The van der Waals surface area contributed by atoms with Gasteiger partial charge < -0.3 is 14.8 Å². The van der Waals surface area contributed by atoms with Gasteiger partial charge in [-0.25, -0.2) is 4.98 Å². The molecule has 0 unspecified atom stereocenters. The molecule has 7 nitrogen and oxygen atoms in total. The van der Waals surface area contributed by atoms with Crippen molar-refractivity contribution in [2.24, 2.45) is 0 Å². The van der Waals surface area contributed by atoms with Crippen LogP contribution in [-0.2, 0) is 0 Å². The van der Waals surface area contributed by atoms with Gasteiger partial charge in [-0.2, -0.15) is 0 Å². The second kappa shape index (κ2) is 7.87. The summed E-state index contributed by atoms with van der Waals surface area (Å²) in [5.74, 6) is 0.651. The molecular formula is C27H25N3O4. The lowest BCUT2D eigenvalue weighted by Crippen LogP contribution is -2.36. The number of carbonyl (C=O) groups is 1. The average molecular weight is 456 g/mol. The molecule has 6 rings (SSSR count). The van der Waals surface area contributed by atoms with Crippen molar-refractivity contribution >= 4 is 44.0 Å². The largest absolute Gasteiger partial charge is 0.493 e. The van der Waals surface area contributed by atoms with Gasteiger partial charge in [0, 0.05) is 22.2 Å². The Morgan fingerprint density at radius 1 is 1.00 bits per heavy atom. The quantitative estimate of drug-likeness (QED) is 0.398. The number of fused-ring (bicyclic) bond motifs is 5. The number of rotatable bonds is 4. The molecule has 7 heteroatoms. The molecule has 1 amide bonds. The molecule has 0 aliphatic heterocycles. The Hall–Kier alpha value is -3.87. The summed E-state index contributed by atoms with van der Waals surface area (Å²) in [5, 5.41) is 5.93. The number of nitrogens with one attached hydrogen (secondary N) is 1. The van der Waals surface area contributed by atoms with Crippen molar-refractivity contribution in [3.8, 4) is 11.5 Å². The summed E-state index contributed by atoms with van der Waals surface area (Å²) < 4.78 is 12.8. The highest BCUT2D eigenvalue weighted by molar-refractivity contribution is 6.21. The number of carbonyl (C=O) groups excluding carboxylic acids is 1. The van der Waals surface area contributed by atoms with E-state index in [0.717, 1.165) is 42.0 Å². The maximum atomic E-state index is 13.8. The minimum atomic E-state index is -0.203. The second-order valence-electron chi connectivity index (χ2n) is 8.94. The van der Waals surface area contributed by atoms with Crippen LogP contribution in [0.2, 0.25) is 0 Å². The van der Waals surface area contributed by atoms with Crippen LogP contribution in [0.15, 0.2) is 47.3 Å². The minimum absolute atomic E-state index is 0.176. The maximum Gasteiger partial charge on any atom is 0.270 e. The summed E-state index contributed by atoms with van der Waals surface area (Å²) in [6, 6.07) is 13.3. The Balaban J connectivity index is 1.70. The molecule has 172 valence electrons. The molecule has 1 fully saturated rings. The van der Waals surface area contributed by atoms with Crippen molar-refractivity contribution in [3.05, 3.63) is 58.5 Å². The SMILES string of the molecule is COc1ccc2c(c1OC)c(=O)n1c3ccccc3c3cc(C(=O)NC4CCCCC4)nc2c31. The van der Waals surface area contributed by atoms with Crippen LogP contribution in [0.4, 0.5) is 0 Å². The van der Waals surface area contributed by atoms with E-state index < -0.39 is 0 Å². The zero-order chi connectivity index (χ0) is 23.4. The molecule has 2 aromatic carbocycles. The Morgan fingerprint density at radius 3 is 2.56 bits per heavy atom. The van der Waals surface area contributed by atoms with Crippen molar-refractivity contribution in [3.63, 3.8) is 0 Å². The summed E-state index contributed by atoms with van der Waals surface area (Å²) in [6.07, 6.45) is 5.47. The predicted octanol–water partition coefficient (Wildman–Crippen LogP) is 4.67. The fourth-order valence-electron chi connectivity index (χ4n) is 5.46. The maximum absolute atomic E-state index is 13.8. The summed E-state index contributed by atoms with van der Waals surface area (Å²) in [7, 11) is 3.06. The highest BCUT2D eigenvalue weighted by Gasteiger charge is 2.25. The number of hydrogen-bond acceptors (Lipinski definition) is 5. The lowest BCUT2D eigenvalue weighted by Gasteiger charge is -2.22. The Labute approximate surface area is 195 Å². The fraction of sp³-hybridized carbons (Fsp3) is 0.296. The molecule has 0 saturated heterocycles. The van der Waals surface area contributed by atoms with Crippen molar-refractivity contribution in [1.29, 1.82) is 0 Å². The number of hydrogen-bond donors (Lipinski definition) is 1. The van der Waals surface area contributed by atoms with E-state index in [1.165, 1.54) is 13.5 Å². The van der Waals surface area contributed by atoms with E-state index in [4.69, 9.17) is 14.5 Å². The van der Waals surface area contributed by atoms with E-state index in [1.54, 1.807) is 17.6 Å². The standard InChI is InChI=1S/C27H25N3O4/c1-33-21-13-12-17-22(25(21)34-2)27(32)30-20-11-7-6-10-16(20)18-14-19(29-23(17)24(18)30)26(31)28-15-8-4-3-5-9-15/h6-7,10-15H,3-5,8-9H2,1-2H3,(H,28,31). The van der Waals surface area contributed by atoms with E-state index in [0.29, 0.717) is 39.0 Å². The van der Waals surface area contributed by atoms with Gasteiger partial charge in [0.15, 0.2) is 11.5 Å². The van der Waals surface area contributed by atoms with E-state index in [9.17, 15) is 9.59 Å². The van der Waals surface area contributed by atoms with E-state index in [1.807, 2.05) is 36.4 Å². The van der Waals surface area contributed by atoms with E-state index in [-0.39, 0.29) is 17.5 Å². The van der Waals surface area contributed by atoms with Crippen LogP contribution in [-0.4, -0.2) is 35.6 Å². The van der Waals surface area contributed by atoms with Crippen LogP contribution in [0.25, 0.3) is 38.1 Å². The third kappa shape index (κ3) is 2.93. The topological polar surface area (TPSA) is 81.9 Å².